The Morgan fingerprint density at radius 2 is 1.75 bits per heavy atom. The van der Waals surface area contributed by atoms with Gasteiger partial charge in [0.1, 0.15) is 6.04 Å². The molecule has 0 saturated heterocycles. The molecule has 0 spiro atoms. The summed E-state index contributed by atoms with van der Waals surface area (Å²) in [4.78, 5) is 28.9. The lowest BCUT2D eigenvalue weighted by molar-refractivity contribution is -0.141. The Bertz CT molecular complexity index is 875. The second-order valence-electron chi connectivity index (χ2n) is 8.08. The molecule has 0 aliphatic carbocycles. The molecule has 0 radical (unpaired) electrons. The maximum Gasteiger partial charge on any atom is 0.242 e. The van der Waals surface area contributed by atoms with Crippen molar-refractivity contribution in [2.24, 2.45) is 5.92 Å². The molecular weight excluding hydrogens is 463 g/mol. The second kappa shape index (κ2) is 13.8. The highest BCUT2D eigenvalue weighted by Gasteiger charge is 2.28. The Labute approximate surface area is 206 Å². The number of nitrogens with zero attached hydrogens (tertiary/aromatic N) is 1. The SMILES string of the molecule is CC[C@@H](C(=O)NCC(C)C)N(Cc1ccccc1Cl)C(=O)CCCSc1ccc(Cl)cc1. The number of rotatable bonds is 12. The highest BCUT2D eigenvalue weighted by atomic mass is 35.5. The molecule has 0 fully saturated rings. The summed E-state index contributed by atoms with van der Waals surface area (Å²) in [5.74, 6) is 1.00. The van der Waals surface area contributed by atoms with Crippen LogP contribution in [0.3, 0.4) is 0 Å². The van der Waals surface area contributed by atoms with E-state index in [1.807, 2.05) is 69.3 Å². The molecule has 0 aromatic heterocycles. The van der Waals surface area contributed by atoms with Crippen LogP contribution in [-0.4, -0.2) is 35.1 Å². The predicted molar refractivity (Wildman–Crippen MR) is 135 cm³/mol. The van der Waals surface area contributed by atoms with E-state index >= 15 is 0 Å². The van der Waals surface area contributed by atoms with Crippen LogP contribution in [0, 0.1) is 5.92 Å². The molecule has 2 rings (SSSR count). The summed E-state index contributed by atoms with van der Waals surface area (Å²) in [5.41, 5.74) is 0.841. The molecule has 2 aromatic rings. The van der Waals surface area contributed by atoms with Crippen molar-refractivity contribution >= 4 is 46.8 Å². The van der Waals surface area contributed by atoms with Crippen LogP contribution in [-0.2, 0) is 16.1 Å². The number of benzene rings is 2. The van der Waals surface area contributed by atoms with Crippen molar-refractivity contribution < 1.29 is 9.59 Å². The van der Waals surface area contributed by atoms with Gasteiger partial charge in [-0.1, -0.05) is 62.2 Å². The molecule has 0 heterocycles. The molecule has 7 heteroatoms. The molecule has 174 valence electrons. The van der Waals surface area contributed by atoms with Gasteiger partial charge in [-0.2, -0.15) is 0 Å². The number of hydrogen-bond acceptors (Lipinski definition) is 3. The number of hydrogen-bond donors (Lipinski definition) is 1. The van der Waals surface area contributed by atoms with Gasteiger partial charge in [0.15, 0.2) is 0 Å². The Balaban J connectivity index is 2.05. The molecule has 1 N–H and O–H groups in total. The minimum atomic E-state index is -0.526. The van der Waals surface area contributed by atoms with Gasteiger partial charge < -0.3 is 10.2 Å². The summed E-state index contributed by atoms with van der Waals surface area (Å²) >= 11 is 14.0. The van der Waals surface area contributed by atoms with Crippen LogP contribution in [0.5, 0.6) is 0 Å². The zero-order valence-electron chi connectivity index (χ0n) is 18.9. The van der Waals surface area contributed by atoms with Gasteiger partial charge >= 0.3 is 0 Å². The van der Waals surface area contributed by atoms with Crippen LogP contribution in [0.15, 0.2) is 53.4 Å². The maximum atomic E-state index is 13.2. The number of halogens is 2. The molecule has 32 heavy (non-hydrogen) atoms. The summed E-state index contributed by atoms with van der Waals surface area (Å²) in [6.45, 7) is 6.93. The number of nitrogens with one attached hydrogen (secondary N) is 1. The fraction of sp³-hybridized carbons (Fsp3) is 0.440. The molecule has 0 unspecified atom stereocenters. The van der Waals surface area contributed by atoms with Gasteiger partial charge in [-0.15, -0.1) is 11.8 Å². The number of carbonyl (C=O) groups is 2. The van der Waals surface area contributed by atoms with Crippen molar-refractivity contribution in [2.75, 3.05) is 12.3 Å². The zero-order valence-corrected chi connectivity index (χ0v) is 21.3. The van der Waals surface area contributed by atoms with Crippen molar-refractivity contribution in [3.05, 3.63) is 64.1 Å². The van der Waals surface area contributed by atoms with Gasteiger partial charge in [-0.25, -0.2) is 0 Å². The molecular formula is C25H32Cl2N2O2S. The molecule has 0 saturated carbocycles. The first kappa shape index (κ1) is 26.6. The molecule has 0 aliphatic heterocycles. The number of carbonyl (C=O) groups excluding carboxylic acids is 2. The number of amides is 2. The third-order valence-electron chi connectivity index (χ3n) is 4.99. The standard InChI is InChI=1S/C25H32Cl2N2O2S/c1-4-23(25(31)28-16-18(2)3)29(17-19-8-5-6-9-22(19)27)24(30)10-7-15-32-21-13-11-20(26)12-14-21/h5-6,8-9,11-14,18,23H,4,7,10,15-17H2,1-3H3,(H,28,31)/t23-/m0/s1. The minimum Gasteiger partial charge on any atom is -0.354 e. The lowest BCUT2D eigenvalue weighted by Gasteiger charge is -2.31. The smallest absolute Gasteiger partial charge is 0.242 e. The van der Waals surface area contributed by atoms with Gasteiger partial charge in [0, 0.05) is 34.5 Å². The van der Waals surface area contributed by atoms with Crippen LogP contribution in [0.25, 0.3) is 0 Å². The van der Waals surface area contributed by atoms with E-state index in [4.69, 9.17) is 23.2 Å². The molecule has 0 bridgehead atoms. The van der Waals surface area contributed by atoms with Crippen molar-refractivity contribution in [1.29, 1.82) is 0 Å². The lowest BCUT2D eigenvalue weighted by atomic mass is 10.1. The first-order chi connectivity index (χ1) is 15.3. The quantitative estimate of drug-likeness (QED) is 0.272. The van der Waals surface area contributed by atoms with Gasteiger partial charge in [0.25, 0.3) is 0 Å². The van der Waals surface area contributed by atoms with E-state index < -0.39 is 6.04 Å². The minimum absolute atomic E-state index is 0.0341. The third kappa shape index (κ3) is 8.68. The fourth-order valence-electron chi connectivity index (χ4n) is 3.24. The summed E-state index contributed by atoms with van der Waals surface area (Å²) in [6, 6.07) is 14.6. The summed E-state index contributed by atoms with van der Waals surface area (Å²) in [7, 11) is 0. The van der Waals surface area contributed by atoms with Crippen LogP contribution >= 0.6 is 35.0 Å². The predicted octanol–water partition coefficient (Wildman–Crippen LogP) is 6.45. The van der Waals surface area contributed by atoms with E-state index in [-0.39, 0.29) is 11.8 Å². The fourth-order valence-corrected chi connectivity index (χ4v) is 4.41. The third-order valence-corrected chi connectivity index (χ3v) is 6.71. The highest BCUT2D eigenvalue weighted by molar-refractivity contribution is 7.99. The van der Waals surface area contributed by atoms with E-state index in [1.54, 1.807) is 16.7 Å². The average molecular weight is 496 g/mol. The Kier molecular flexibility index (Phi) is 11.4. The highest BCUT2D eigenvalue weighted by Crippen LogP contribution is 2.23. The summed E-state index contributed by atoms with van der Waals surface area (Å²) in [5, 5.41) is 4.29. The van der Waals surface area contributed by atoms with Crippen molar-refractivity contribution in [3.8, 4) is 0 Å². The largest absolute Gasteiger partial charge is 0.354 e. The van der Waals surface area contributed by atoms with E-state index in [1.165, 1.54) is 0 Å². The summed E-state index contributed by atoms with van der Waals surface area (Å²) < 4.78 is 0. The monoisotopic (exact) mass is 494 g/mol. The Morgan fingerprint density at radius 1 is 1.06 bits per heavy atom. The van der Waals surface area contributed by atoms with Crippen molar-refractivity contribution in [2.45, 2.75) is 57.5 Å². The van der Waals surface area contributed by atoms with Crippen LogP contribution < -0.4 is 5.32 Å². The van der Waals surface area contributed by atoms with Gasteiger partial charge in [0.2, 0.25) is 11.8 Å². The zero-order chi connectivity index (χ0) is 23.5. The topological polar surface area (TPSA) is 49.4 Å². The number of thioether (sulfide) groups is 1. The van der Waals surface area contributed by atoms with Crippen molar-refractivity contribution in [1.82, 2.24) is 10.2 Å². The Morgan fingerprint density at radius 3 is 2.38 bits per heavy atom. The van der Waals surface area contributed by atoms with Gasteiger partial charge in [-0.3, -0.25) is 9.59 Å². The van der Waals surface area contributed by atoms with Gasteiger partial charge in [0.05, 0.1) is 0 Å². The average Bonchev–Trinajstić information content (AvgIpc) is 2.77. The lowest BCUT2D eigenvalue weighted by Crippen LogP contribution is -2.49. The van der Waals surface area contributed by atoms with E-state index in [9.17, 15) is 9.59 Å². The first-order valence-electron chi connectivity index (χ1n) is 11.0. The van der Waals surface area contributed by atoms with Crippen molar-refractivity contribution in [3.63, 3.8) is 0 Å². The second-order valence-corrected chi connectivity index (χ2v) is 10.1. The van der Waals surface area contributed by atoms with Crippen LogP contribution in [0.2, 0.25) is 10.0 Å². The maximum absolute atomic E-state index is 13.2. The van der Waals surface area contributed by atoms with E-state index in [2.05, 4.69) is 5.32 Å². The first-order valence-corrected chi connectivity index (χ1v) is 12.7. The molecule has 2 amide bonds. The van der Waals surface area contributed by atoms with Crippen LogP contribution in [0.4, 0.5) is 0 Å². The van der Waals surface area contributed by atoms with E-state index in [0.29, 0.717) is 41.9 Å². The molecule has 0 aliphatic rings. The molecule has 4 nitrogen and oxygen atoms in total. The van der Waals surface area contributed by atoms with Gasteiger partial charge in [-0.05, 0) is 60.4 Å². The Hall–Kier alpha value is -1.69. The van der Waals surface area contributed by atoms with Crippen LogP contribution in [0.1, 0.15) is 45.6 Å². The molecule has 1 atom stereocenters. The van der Waals surface area contributed by atoms with E-state index in [0.717, 1.165) is 22.6 Å². The summed E-state index contributed by atoms with van der Waals surface area (Å²) in [6.07, 6.45) is 1.63. The normalized spacial score (nSPS) is 11.9. The molecule has 2 aromatic carbocycles.